The maximum atomic E-state index is 12.1. The van der Waals surface area contributed by atoms with Crippen LogP contribution in [0.3, 0.4) is 0 Å². The third-order valence-electron chi connectivity index (χ3n) is 23.1. The lowest BCUT2D eigenvalue weighted by Crippen LogP contribution is -2.37. The second-order valence-electron chi connectivity index (χ2n) is 30.9. The van der Waals surface area contributed by atoms with Crippen molar-refractivity contribution in [1.82, 2.24) is 68.7 Å². The van der Waals surface area contributed by atoms with Crippen LogP contribution >= 0.6 is 0 Å². The van der Waals surface area contributed by atoms with Gasteiger partial charge in [-0.2, -0.15) is 20.4 Å². The Morgan fingerprint density at radius 2 is 0.735 bits per heavy atom. The molecule has 20 rings (SSSR count). The van der Waals surface area contributed by atoms with E-state index < -0.39 is 46.0 Å². The molecule has 6 fully saturated rings. The molecule has 0 spiro atoms. The second-order valence-corrected chi connectivity index (χ2v) is 30.9. The van der Waals surface area contributed by atoms with E-state index in [0.29, 0.717) is 114 Å². The van der Waals surface area contributed by atoms with Crippen molar-refractivity contribution < 1.29 is 58.8 Å². The predicted molar refractivity (Wildman–Crippen MR) is 407 cm³/mol. The van der Waals surface area contributed by atoms with E-state index in [-0.39, 0.29) is 42.2 Å². The maximum absolute atomic E-state index is 12.1. The summed E-state index contributed by atoms with van der Waals surface area (Å²) in [6, 6.07) is 21.7. The van der Waals surface area contributed by atoms with Gasteiger partial charge in [0.2, 0.25) is 22.4 Å². The van der Waals surface area contributed by atoms with E-state index in [1.165, 1.54) is 19.6 Å². The van der Waals surface area contributed by atoms with Gasteiger partial charge in [0.05, 0.1) is 28.5 Å². The van der Waals surface area contributed by atoms with Crippen molar-refractivity contribution in [3.05, 3.63) is 175 Å². The van der Waals surface area contributed by atoms with Crippen LogP contribution in [0.25, 0.3) is 23.0 Å². The first kappa shape index (κ1) is 75.8. The first-order valence-corrected chi connectivity index (χ1v) is 37.8. The number of pyridine rings is 2. The number of likely N-dealkylation sites (tertiary alicyclic amines) is 4. The number of hydrogen-bond acceptors (Lipinski definition) is 18. The highest BCUT2D eigenvalue weighted by atomic mass is 16.3. The van der Waals surface area contributed by atoms with E-state index in [1.807, 2.05) is 53.2 Å². The molecule has 12 aliphatic rings. The highest BCUT2D eigenvalue weighted by molar-refractivity contribution is 5.96. The van der Waals surface area contributed by atoms with E-state index in [9.17, 15) is 58.8 Å². The number of aliphatic hydroxyl groups is 4. The molecule has 8 aliphatic carbocycles. The van der Waals surface area contributed by atoms with Gasteiger partial charge in [-0.1, -0.05) is 59.5 Å². The molecule has 0 radical (unpaired) electrons. The van der Waals surface area contributed by atoms with E-state index in [4.69, 9.17) is 22.9 Å². The molecule has 8 aromatic rings. The SMILES string of the molecule is CN1CC[C@@](O)(C#Cc2cccc(-n3nc(C(N)=O)c4c3C3CC(C4)C3)c2)C1=O.CN1CC[C@@](O)(C#Cc2cccc(-n3nc(C(N)=O)c4c3CCCC4)c2)C1=O.CN1CC[C@@](O)(C#Cc2ccnc(-n3nc(C(N)=O)c4c3C3CC(C4)C3)c2)C1=O.CN1CC[C@@](O)(C#Cc2ccnc(-n3nc(C(N)=O)c4c3CCC4)c2)C1=O. The number of hydrogen-bond donors (Lipinski definition) is 8. The molecule has 578 valence electrons. The third kappa shape index (κ3) is 14.4. The second kappa shape index (κ2) is 29.6. The summed E-state index contributed by atoms with van der Waals surface area (Å²) in [6.07, 6.45) is 16.7. The van der Waals surface area contributed by atoms with E-state index in [0.717, 1.165) is 140 Å². The quantitative estimate of drug-likeness (QED) is 0.101. The fourth-order valence-electron chi connectivity index (χ4n) is 16.8. The minimum absolute atomic E-state index is 0.280. The Balaban J connectivity index is 0.000000119. The van der Waals surface area contributed by atoms with Gasteiger partial charge in [0.15, 0.2) is 34.4 Å². The fraction of sp³-hybridized carbons (Fsp3) is 0.398. The van der Waals surface area contributed by atoms with E-state index >= 15 is 0 Å². The summed E-state index contributed by atoms with van der Waals surface area (Å²) < 4.78 is 6.94. The van der Waals surface area contributed by atoms with Crippen molar-refractivity contribution in [2.75, 3.05) is 54.4 Å². The van der Waals surface area contributed by atoms with Crippen LogP contribution < -0.4 is 22.9 Å². The van der Waals surface area contributed by atoms with Crippen LogP contribution in [-0.2, 0) is 57.7 Å². The molecule has 2 aromatic carbocycles. The minimum Gasteiger partial charge on any atom is -0.369 e. The van der Waals surface area contributed by atoms with Crippen molar-refractivity contribution in [3.8, 4) is 70.4 Å². The zero-order chi connectivity index (χ0) is 79.7. The predicted octanol–water partition coefficient (Wildman–Crippen LogP) is 1.92. The van der Waals surface area contributed by atoms with Gasteiger partial charge < -0.3 is 63.0 Å². The molecule has 8 amide bonds. The van der Waals surface area contributed by atoms with Gasteiger partial charge in [0.25, 0.3) is 47.3 Å². The summed E-state index contributed by atoms with van der Waals surface area (Å²) >= 11 is 0. The molecule has 4 bridgehead atoms. The number of fused-ring (bicyclic) bond motifs is 2. The molecule has 0 unspecified atom stereocenters. The largest absolute Gasteiger partial charge is 0.369 e. The van der Waals surface area contributed by atoms with Crippen LogP contribution in [0.1, 0.15) is 192 Å². The van der Waals surface area contributed by atoms with E-state index in [2.05, 4.69) is 77.7 Å². The number of carbonyl (C=O) groups excluding carboxylic acids is 8. The number of carbonyl (C=O) groups is 8. The lowest BCUT2D eigenvalue weighted by atomic mass is 9.64. The molecule has 2 saturated carbocycles. The van der Waals surface area contributed by atoms with Gasteiger partial charge in [0, 0.05) is 154 Å². The number of benzene rings is 2. The Kier molecular flexibility index (Phi) is 19.8. The van der Waals surface area contributed by atoms with Gasteiger partial charge in [-0.25, -0.2) is 28.7 Å². The molecule has 4 saturated heterocycles. The number of nitrogens with two attached hydrogens (primary N) is 4. The summed E-state index contributed by atoms with van der Waals surface area (Å²) in [5.41, 5.74) is 28.7. The summed E-state index contributed by atoms with van der Waals surface area (Å²) in [6.45, 7) is 1.92. The number of aromatic nitrogens is 10. The number of likely N-dealkylation sites (N-methyl/N-ethyl adjacent to an activating group) is 4. The Morgan fingerprint density at radius 1 is 0.407 bits per heavy atom. The molecule has 6 aromatic heterocycles. The molecular formula is C83H84N18O12. The highest BCUT2D eigenvalue weighted by Gasteiger charge is 2.48. The van der Waals surface area contributed by atoms with Crippen molar-refractivity contribution >= 4 is 47.3 Å². The van der Waals surface area contributed by atoms with E-state index in [1.54, 1.807) is 78.9 Å². The lowest BCUT2D eigenvalue weighted by Gasteiger charge is -2.41. The first-order chi connectivity index (χ1) is 54.0. The average molecular weight is 1530 g/mol. The monoisotopic (exact) mass is 1520 g/mol. The van der Waals surface area contributed by atoms with Gasteiger partial charge in [-0.15, -0.1) is 0 Å². The topological polar surface area (TPSA) is 432 Å². The number of primary amides is 4. The molecule has 113 heavy (non-hydrogen) atoms. The Morgan fingerprint density at radius 3 is 1.14 bits per heavy atom. The van der Waals surface area contributed by atoms with Crippen LogP contribution in [0, 0.1) is 59.2 Å². The standard InChI is InChI=1S/C22H22N4O3.C21H21N5O3.C21H22N4O3.C19H19N5O3/c1-25-8-7-22(29,21(25)28)6-5-13-3-2-4-16(11-13)26-19-15-9-14(10-15)12-17(19)18(24-26)20(23)27;1-25-7-5-21(29,20(25)28)4-2-12-3-6-23-16(11-12)26-18-14-8-13(9-14)10-15(18)17(24-26)19(22)27;1-24-12-11-21(28,20(24)27)10-9-14-5-4-6-15(13-14)25-17-8-3-2-7-16(17)18(23-25)19(22)26;1-23-10-8-19(27,18(23)26)7-5-12-6-9-21-15(11-12)24-14-4-2-3-13(14)16(22-24)17(20)25/h2-4,11,14-15,29H,7-10,12H2,1H3,(H2,23,27);3,6,11,13-14,29H,5,7-10H2,1H3,(H2,22,27);4-6,13,28H,2-3,7-8,11-12H2,1H3,(H2,22,26);6,9,11,27H,2-4,8,10H2,1H3,(H2,20,25)/t14?,15?,22-;13?,14?,21-;21-;19-/m0000/s1. The minimum atomic E-state index is -1.65. The van der Waals surface area contributed by atoms with Gasteiger partial charge in [0.1, 0.15) is 0 Å². The Hall–Kier alpha value is -12.6. The van der Waals surface area contributed by atoms with Crippen molar-refractivity contribution in [2.45, 2.75) is 143 Å². The Bertz CT molecular complexity index is 5440. The van der Waals surface area contributed by atoms with Crippen LogP contribution in [0.2, 0.25) is 0 Å². The van der Waals surface area contributed by atoms with Crippen LogP contribution in [-0.4, -0.2) is 213 Å². The molecule has 4 atom stereocenters. The summed E-state index contributed by atoms with van der Waals surface area (Å²) in [5, 5.41) is 59.7. The average Bonchev–Trinajstić information content (AvgIpc) is 1.60. The molecule has 10 heterocycles. The molecule has 30 nitrogen and oxygen atoms in total. The number of amides is 8. The van der Waals surface area contributed by atoms with Gasteiger partial charge in [-0.3, -0.25) is 38.4 Å². The van der Waals surface area contributed by atoms with Crippen LogP contribution in [0.5, 0.6) is 0 Å². The molecule has 12 N–H and O–H groups in total. The first-order valence-electron chi connectivity index (χ1n) is 37.8. The van der Waals surface area contributed by atoms with Gasteiger partial charge in [-0.05, 0) is 156 Å². The highest BCUT2D eigenvalue weighted by Crippen LogP contribution is 2.52. The summed E-state index contributed by atoms with van der Waals surface area (Å²) in [4.78, 5) is 110. The molecular weight excluding hydrogens is 1440 g/mol. The fourth-order valence-corrected chi connectivity index (χ4v) is 16.8. The van der Waals surface area contributed by atoms with Crippen molar-refractivity contribution in [3.63, 3.8) is 0 Å². The summed E-state index contributed by atoms with van der Waals surface area (Å²) in [5.74, 6) is 22.0. The normalized spacial score (nSPS) is 24.2. The zero-order valence-electron chi connectivity index (χ0n) is 62.9. The maximum Gasteiger partial charge on any atom is 0.269 e. The third-order valence-corrected chi connectivity index (χ3v) is 23.1. The van der Waals surface area contributed by atoms with Crippen LogP contribution in [0.4, 0.5) is 0 Å². The Labute approximate surface area is 649 Å². The van der Waals surface area contributed by atoms with Gasteiger partial charge >= 0.3 is 0 Å². The smallest absolute Gasteiger partial charge is 0.269 e. The number of rotatable bonds is 8. The lowest BCUT2D eigenvalue weighted by molar-refractivity contribution is -0.138. The molecule has 4 aliphatic heterocycles. The number of nitrogens with zero attached hydrogens (tertiary/aromatic N) is 14. The van der Waals surface area contributed by atoms with Crippen molar-refractivity contribution in [2.24, 2.45) is 34.8 Å². The zero-order valence-corrected chi connectivity index (χ0v) is 62.9. The summed E-state index contributed by atoms with van der Waals surface area (Å²) in [7, 11) is 6.60. The molecule has 30 heteroatoms. The van der Waals surface area contributed by atoms with Crippen LogP contribution in [0.15, 0.2) is 85.2 Å². The van der Waals surface area contributed by atoms with Crippen molar-refractivity contribution in [1.29, 1.82) is 0 Å².